The number of piperidine rings is 1. The molecule has 1 aromatic heterocycles. The fraction of sp³-hybridized carbons (Fsp3) is 0.364. The number of amides is 1. The molecule has 2 aromatic carbocycles. The Balaban J connectivity index is 1.42. The molecule has 4 rings (SSSR count). The van der Waals surface area contributed by atoms with Crippen LogP contribution < -0.4 is 10.1 Å². The SMILES string of the molecule is CCn1c(NC(=O)C2CCN(S(=O)(=O)c3cccc(OC(F)(F)F)c3)CC2)nc2ccccc21. The van der Waals surface area contributed by atoms with E-state index in [2.05, 4.69) is 15.0 Å². The standard InChI is InChI=1S/C22H23F3N4O4S/c1-2-29-19-9-4-3-8-18(19)26-21(29)27-20(30)15-10-12-28(13-11-15)34(31,32)17-7-5-6-16(14-17)33-22(23,24)25/h3-9,14-15H,2,10-13H2,1H3,(H,26,27,30). The number of anilines is 1. The first-order valence-electron chi connectivity index (χ1n) is 10.7. The number of rotatable bonds is 6. The highest BCUT2D eigenvalue weighted by Gasteiger charge is 2.34. The van der Waals surface area contributed by atoms with Crippen molar-refractivity contribution >= 4 is 32.9 Å². The zero-order valence-corrected chi connectivity index (χ0v) is 19.1. The van der Waals surface area contributed by atoms with Gasteiger partial charge in [-0.2, -0.15) is 4.31 Å². The molecule has 1 amide bonds. The van der Waals surface area contributed by atoms with Crippen LogP contribution in [0.1, 0.15) is 19.8 Å². The van der Waals surface area contributed by atoms with Gasteiger partial charge in [0.1, 0.15) is 5.75 Å². The number of ether oxygens (including phenoxy) is 1. The molecule has 2 heterocycles. The van der Waals surface area contributed by atoms with Gasteiger partial charge in [0.15, 0.2) is 0 Å². The van der Waals surface area contributed by atoms with Gasteiger partial charge in [0.2, 0.25) is 21.9 Å². The van der Waals surface area contributed by atoms with Gasteiger partial charge in [0.05, 0.1) is 15.9 Å². The van der Waals surface area contributed by atoms with Crippen molar-refractivity contribution in [3.8, 4) is 5.75 Å². The molecule has 1 fully saturated rings. The van der Waals surface area contributed by atoms with Gasteiger partial charge in [-0.1, -0.05) is 18.2 Å². The van der Waals surface area contributed by atoms with E-state index in [1.54, 1.807) is 0 Å². The molecule has 0 spiro atoms. The molecule has 1 aliphatic heterocycles. The largest absolute Gasteiger partial charge is 0.573 e. The fourth-order valence-corrected chi connectivity index (χ4v) is 5.55. The Bertz CT molecular complexity index is 1300. The lowest BCUT2D eigenvalue weighted by Crippen LogP contribution is -2.41. The van der Waals surface area contributed by atoms with Gasteiger partial charge in [0.25, 0.3) is 0 Å². The quantitative estimate of drug-likeness (QED) is 0.557. The highest BCUT2D eigenvalue weighted by Crippen LogP contribution is 2.29. The number of carbonyl (C=O) groups excluding carboxylic acids is 1. The number of aromatic nitrogens is 2. The summed E-state index contributed by atoms with van der Waals surface area (Å²) in [6.07, 6.45) is -4.38. The van der Waals surface area contributed by atoms with Crippen molar-refractivity contribution < 1.29 is 31.1 Å². The van der Waals surface area contributed by atoms with Gasteiger partial charge in [-0.3, -0.25) is 10.1 Å². The number of aryl methyl sites for hydroxylation is 1. The Morgan fingerprint density at radius 2 is 1.85 bits per heavy atom. The number of halogens is 3. The minimum absolute atomic E-state index is 0.0645. The number of nitrogens with zero attached hydrogens (tertiary/aromatic N) is 3. The lowest BCUT2D eigenvalue weighted by molar-refractivity contribution is -0.274. The first-order chi connectivity index (χ1) is 16.1. The van der Waals surface area contributed by atoms with Gasteiger partial charge in [-0.15, -0.1) is 13.2 Å². The average molecular weight is 497 g/mol. The van der Waals surface area contributed by atoms with Crippen molar-refractivity contribution in [2.24, 2.45) is 5.92 Å². The van der Waals surface area contributed by atoms with Crippen LogP contribution in [0.4, 0.5) is 19.1 Å². The lowest BCUT2D eigenvalue weighted by atomic mass is 9.97. The predicted molar refractivity (Wildman–Crippen MR) is 119 cm³/mol. The van der Waals surface area contributed by atoms with E-state index in [9.17, 15) is 26.4 Å². The second kappa shape index (κ2) is 9.26. The molecule has 0 radical (unpaired) electrons. The van der Waals surface area contributed by atoms with E-state index in [0.717, 1.165) is 23.2 Å². The summed E-state index contributed by atoms with van der Waals surface area (Å²) in [5, 5.41) is 2.86. The molecule has 1 saturated heterocycles. The highest BCUT2D eigenvalue weighted by atomic mass is 32.2. The van der Waals surface area contributed by atoms with Crippen molar-refractivity contribution in [1.82, 2.24) is 13.9 Å². The van der Waals surface area contributed by atoms with Crippen LogP contribution in [0.15, 0.2) is 53.4 Å². The Labute approximate surface area is 194 Å². The van der Waals surface area contributed by atoms with Crippen LogP contribution in [0.3, 0.4) is 0 Å². The topological polar surface area (TPSA) is 93.5 Å². The molecule has 12 heteroatoms. The minimum atomic E-state index is -4.92. The number of fused-ring (bicyclic) bond motifs is 1. The van der Waals surface area contributed by atoms with Gasteiger partial charge in [-0.25, -0.2) is 13.4 Å². The van der Waals surface area contributed by atoms with Gasteiger partial charge in [0, 0.05) is 31.6 Å². The van der Waals surface area contributed by atoms with E-state index in [4.69, 9.17) is 0 Å². The molecule has 0 bridgehead atoms. The van der Waals surface area contributed by atoms with Crippen LogP contribution in [0.5, 0.6) is 5.75 Å². The third-order valence-corrected chi connectivity index (χ3v) is 7.60. The zero-order valence-electron chi connectivity index (χ0n) is 18.2. The molecule has 34 heavy (non-hydrogen) atoms. The Hall–Kier alpha value is -3.12. The van der Waals surface area contributed by atoms with Crippen LogP contribution in [0, 0.1) is 5.92 Å². The number of nitrogens with one attached hydrogen (secondary N) is 1. The molecule has 0 atom stereocenters. The van der Waals surface area contributed by atoms with Crippen molar-refractivity contribution in [1.29, 1.82) is 0 Å². The third kappa shape index (κ3) is 5.02. The summed E-state index contributed by atoms with van der Waals surface area (Å²) in [5.74, 6) is -0.842. The summed E-state index contributed by atoms with van der Waals surface area (Å²) >= 11 is 0. The number of benzene rings is 2. The van der Waals surface area contributed by atoms with Crippen molar-refractivity contribution in [2.75, 3.05) is 18.4 Å². The van der Waals surface area contributed by atoms with Gasteiger partial charge < -0.3 is 9.30 Å². The fourth-order valence-electron chi connectivity index (χ4n) is 4.04. The van der Waals surface area contributed by atoms with Crippen LogP contribution in [0.25, 0.3) is 11.0 Å². The van der Waals surface area contributed by atoms with Crippen LogP contribution in [-0.4, -0.2) is 47.6 Å². The Morgan fingerprint density at radius 3 is 2.53 bits per heavy atom. The first-order valence-corrected chi connectivity index (χ1v) is 12.1. The second-order valence-corrected chi connectivity index (χ2v) is 9.80. The lowest BCUT2D eigenvalue weighted by Gasteiger charge is -2.30. The average Bonchev–Trinajstić information content (AvgIpc) is 3.15. The van der Waals surface area contributed by atoms with Crippen LogP contribution >= 0.6 is 0 Å². The van der Waals surface area contributed by atoms with E-state index in [-0.39, 0.29) is 36.7 Å². The maximum atomic E-state index is 12.9. The summed E-state index contributed by atoms with van der Waals surface area (Å²) < 4.78 is 70.2. The maximum Gasteiger partial charge on any atom is 0.573 e. The van der Waals surface area contributed by atoms with Crippen molar-refractivity contribution in [3.63, 3.8) is 0 Å². The Morgan fingerprint density at radius 1 is 1.15 bits per heavy atom. The molecule has 182 valence electrons. The van der Waals surface area contributed by atoms with E-state index >= 15 is 0 Å². The molecule has 0 unspecified atom stereocenters. The summed E-state index contributed by atoms with van der Waals surface area (Å²) in [6, 6.07) is 11.8. The summed E-state index contributed by atoms with van der Waals surface area (Å²) in [5.41, 5.74) is 1.66. The second-order valence-electron chi connectivity index (χ2n) is 7.86. The normalized spacial score (nSPS) is 16.0. The molecular weight excluding hydrogens is 473 g/mol. The van der Waals surface area contributed by atoms with Crippen molar-refractivity contribution in [3.05, 3.63) is 48.5 Å². The molecule has 1 N–H and O–H groups in total. The zero-order chi connectivity index (χ0) is 24.5. The number of hydrogen-bond donors (Lipinski definition) is 1. The minimum Gasteiger partial charge on any atom is -0.406 e. The summed E-state index contributed by atoms with van der Waals surface area (Å²) in [7, 11) is -4.04. The molecule has 3 aromatic rings. The number of para-hydroxylation sites is 2. The van der Waals surface area contributed by atoms with Gasteiger partial charge >= 0.3 is 6.36 Å². The van der Waals surface area contributed by atoms with Crippen LogP contribution in [0.2, 0.25) is 0 Å². The number of imidazole rings is 1. The first kappa shape index (κ1) is 24.0. The maximum absolute atomic E-state index is 12.9. The number of sulfonamides is 1. The number of carbonyl (C=O) groups is 1. The van der Waals surface area contributed by atoms with Crippen molar-refractivity contribution in [2.45, 2.75) is 37.6 Å². The highest BCUT2D eigenvalue weighted by molar-refractivity contribution is 7.89. The summed E-state index contributed by atoms with van der Waals surface area (Å²) in [6.45, 7) is 2.69. The molecule has 0 aliphatic carbocycles. The summed E-state index contributed by atoms with van der Waals surface area (Å²) in [4.78, 5) is 17.0. The molecule has 8 nitrogen and oxygen atoms in total. The third-order valence-electron chi connectivity index (χ3n) is 5.71. The number of alkyl halides is 3. The van der Waals surface area contributed by atoms with E-state index in [1.807, 2.05) is 35.8 Å². The van der Waals surface area contributed by atoms with E-state index in [0.29, 0.717) is 12.5 Å². The van der Waals surface area contributed by atoms with E-state index < -0.39 is 28.1 Å². The Kier molecular flexibility index (Phi) is 6.54. The molecular formula is C22H23F3N4O4S. The predicted octanol–water partition coefficient (Wildman–Crippen LogP) is 3.99. The molecule has 1 aliphatic rings. The monoisotopic (exact) mass is 496 g/mol. The molecule has 0 saturated carbocycles. The van der Waals surface area contributed by atoms with Crippen LogP contribution in [-0.2, 0) is 21.4 Å². The van der Waals surface area contributed by atoms with Gasteiger partial charge in [-0.05, 0) is 44.0 Å². The van der Waals surface area contributed by atoms with E-state index in [1.165, 1.54) is 16.4 Å². The number of hydrogen-bond acceptors (Lipinski definition) is 5. The smallest absolute Gasteiger partial charge is 0.406 e.